The molecule has 7 heteroatoms. The normalized spacial score (nSPS) is 25.0. The minimum Gasteiger partial charge on any atom is -0.378 e. The first-order valence-corrected chi connectivity index (χ1v) is 8.43. The maximum absolute atomic E-state index is 12.1. The number of hydrogen-bond acceptors (Lipinski definition) is 5. The first kappa shape index (κ1) is 15.3. The Labute approximate surface area is 134 Å². The van der Waals surface area contributed by atoms with Crippen LogP contribution in [0.25, 0.3) is 0 Å². The fourth-order valence-corrected chi connectivity index (χ4v) is 3.78. The number of carbonyl (C=O) groups excluding carboxylic acids is 1. The molecule has 118 valence electrons. The van der Waals surface area contributed by atoms with Crippen molar-refractivity contribution in [3.8, 4) is 6.07 Å². The second kappa shape index (κ2) is 7.09. The summed E-state index contributed by atoms with van der Waals surface area (Å²) in [5.41, 5.74) is 0. The number of likely N-dealkylation sites (tertiary alicyclic amines) is 1. The molecule has 22 heavy (non-hydrogen) atoms. The SMILES string of the molecule is N#Cc1ccc(CNC(=O)N[C@@H]2COC[C@H]2N2CCCC2)s1. The first-order chi connectivity index (χ1) is 10.8. The zero-order valence-corrected chi connectivity index (χ0v) is 13.2. The van der Waals surface area contributed by atoms with Crippen molar-refractivity contribution in [1.29, 1.82) is 5.26 Å². The molecule has 2 atom stereocenters. The standard InChI is InChI=1S/C15H20N4O2S/c16-7-11-3-4-12(22-11)8-17-15(20)18-13-9-21-10-14(13)19-5-1-2-6-19/h3-4,13-14H,1-2,5-6,8-10H2,(H2,17,18,20)/t13-,14-/m1/s1. The quantitative estimate of drug-likeness (QED) is 0.876. The second-order valence-corrected chi connectivity index (χ2v) is 6.83. The molecule has 1 aromatic rings. The van der Waals surface area contributed by atoms with Gasteiger partial charge in [-0.25, -0.2) is 4.79 Å². The predicted molar refractivity (Wildman–Crippen MR) is 83.6 cm³/mol. The molecule has 0 radical (unpaired) electrons. The number of nitrogens with one attached hydrogen (secondary N) is 2. The molecule has 2 amide bonds. The van der Waals surface area contributed by atoms with Crippen LogP contribution in [-0.4, -0.2) is 49.3 Å². The van der Waals surface area contributed by atoms with Gasteiger partial charge in [-0.1, -0.05) is 0 Å². The van der Waals surface area contributed by atoms with E-state index in [1.54, 1.807) is 6.07 Å². The second-order valence-electron chi connectivity index (χ2n) is 5.66. The lowest BCUT2D eigenvalue weighted by Gasteiger charge is -2.27. The number of nitriles is 1. The molecule has 0 saturated carbocycles. The van der Waals surface area contributed by atoms with Crippen LogP contribution in [0.4, 0.5) is 4.79 Å². The van der Waals surface area contributed by atoms with Gasteiger partial charge in [-0.3, -0.25) is 4.90 Å². The van der Waals surface area contributed by atoms with Gasteiger partial charge in [0.05, 0.1) is 31.8 Å². The van der Waals surface area contributed by atoms with Crippen molar-refractivity contribution in [1.82, 2.24) is 15.5 Å². The molecule has 3 rings (SSSR count). The van der Waals surface area contributed by atoms with Crippen molar-refractivity contribution in [3.05, 3.63) is 21.9 Å². The fourth-order valence-electron chi connectivity index (χ4n) is 3.03. The molecule has 0 aliphatic carbocycles. The number of urea groups is 1. The Balaban J connectivity index is 1.47. The molecular formula is C15H20N4O2S. The summed E-state index contributed by atoms with van der Waals surface area (Å²) < 4.78 is 5.55. The van der Waals surface area contributed by atoms with Crippen molar-refractivity contribution in [3.63, 3.8) is 0 Å². The van der Waals surface area contributed by atoms with E-state index in [-0.39, 0.29) is 12.1 Å². The van der Waals surface area contributed by atoms with Gasteiger partial charge in [-0.2, -0.15) is 5.26 Å². The van der Waals surface area contributed by atoms with Gasteiger partial charge in [0.25, 0.3) is 0 Å². The number of hydrogen-bond donors (Lipinski definition) is 2. The largest absolute Gasteiger partial charge is 0.378 e. The third-order valence-electron chi connectivity index (χ3n) is 4.17. The molecule has 2 aliphatic heterocycles. The first-order valence-electron chi connectivity index (χ1n) is 7.61. The predicted octanol–water partition coefficient (Wildman–Crippen LogP) is 1.28. The van der Waals surface area contributed by atoms with Crippen LogP contribution in [-0.2, 0) is 11.3 Å². The van der Waals surface area contributed by atoms with Crippen LogP contribution in [0.2, 0.25) is 0 Å². The number of thiophene rings is 1. The van der Waals surface area contributed by atoms with Gasteiger partial charge in [-0.15, -0.1) is 11.3 Å². The van der Waals surface area contributed by atoms with E-state index in [2.05, 4.69) is 21.6 Å². The Kier molecular flexibility index (Phi) is 4.93. The highest BCUT2D eigenvalue weighted by Crippen LogP contribution is 2.19. The molecular weight excluding hydrogens is 300 g/mol. The van der Waals surface area contributed by atoms with Crippen molar-refractivity contribution < 1.29 is 9.53 Å². The molecule has 2 fully saturated rings. The molecule has 6 nitrogen and oxygen atoms in total. The number of amides is 2. The summed E-state index contributed by atoms with van der Waals surface area (Å²) in [5.74, 6) is 0. The molecule has 0 unspecified atom stereocenters. The summed E-state index contributed by atoms with van der Waals surface area (Å²) in [4.78, 5) is 16.1. The van der Waals surface area contributed by atoms with Crippen LogP contribution in [0.1, 0.15) is 22.6 Å². The van der Waals surface area contributed by atoms with E-state index in [0.29, 0.717) is 30.7 Å². The molecule has 0 aromatic carbocycles. The molecule has 0 spiro atoms. The third-order valence-corrected chi connectivity index (χ3v) is 5.16. The molecule has 2 aliphatic rings. The Morgan fingerprint density at radius 3 is 2.95 bits per heavy atom. The molecule has 1 aromatic heterocycles. The Hall–Kier alpha value is -1.62. The van der Waals surface area contributed by atoms with Crippen LogP contribution in [0.15, 0.2) is 12.1 Å². The van der Waals surface area contributed by atoms with E-state index in [9.17, 15) is 4.79 Å². The zero-order chi connectivity index (χ0) is 15.4. The van der Waals surface area contributed by atoms with Gasteiger partial charge in [0.15, 0.2) is 0 Å². The summed E-state index contributed by atoms with van der Waals surface area (Å²) in [7, 11) is 0. The van der Waals surface area contributed by atoms with Crippen molar-refractivity contribution >= 4 is 17.4 Å². The lowest BCUT2D eigenvalue weighted by atomic mass is 10.1. The highest BCUT2D eigenvalue weighted by atomic mass is 32.1. The average Bonchev–Trinajstić information content (AvgIpc) is 3.25. The highest BCUT2D eigenvalue weighted by molar-refractivity contribution is 7.12. The zero-order valence-electron chi connectivity index (χ0n) is 12.4. The fraction of sp³-hybridized carbons (Fsp3) is 0.600. The Morgan fingerprint density at radius 1 is 1.41 bits per heavy atom. The maximum Gasteiger partial charge on any atom is 0.315 e. The van der Waals surface area contributed by atoms with E-state index >= 15 is 0 Å². The van der Waals surface area contributed by atoms with Gasteiger partial charge < -0.3 is 15.4 Å². The van der Waals surface area contributed by atoms with Crippen LogP contribution in [0, 0.1) is 11.3 Å². The van der Waals surface area contributed by atoms with Crippen LogP contribution in [0.3, 0.4) is 0 Å². The lowest BCUT2D eigenvalue weighted by Crippen LogP contribution is -2.52. The smallest absolute Gasteiger partial charge is 0.315 e. The summed E-state index contributed by atoms with van der Waals surface area (Å²) in [6.45, 7) is 3.91. The van der Waals surface area contributed by atoms with E-state index in [4.69, 9.17) is 10.00 Å². The minimum atomic E-state index is -0.174. The van der Waals surface area contributed by atoms with Crippen molar-refractivity contribution in [2.75, 3.05) is 26.3 Å². The van der Waals surface area contributed by atoms with E-state index in [1.165, 1.54) is 24.2 Å². The molecule has 2 saturated heterocycles. The maximum atomic E-state index is 12.1. The minimum absolute atomic E-state index is 0.0519. The summed E-state index contributed by atoms with van der Waals surface area (Å²) in [5, 5.41) is 14.7. The molecule has 2 N–H and O–H groups in total. The van der Waals surface area contributed by atoms with Gasteiger partial charge in [0.2, 0.25) is 0 Å². The van der Waals surface area contributed by atoms with Gasteiger partial charge >= 0.3 is 6.03 Å². The molecule has 3 heterocycles. The van der Waals surface area contributed by atoms with E-state index in [1.807, 2.05) is 6.07 Å². The van der Waals surface area contributed by atoms with Gasteiger partial charge in [0, 0.05) is 4.88 Å². The van der Waals surface area contributed by atoms with Gasteiger partial charge in [0.1, 0.15) is 10.9 Å². The Bertz CT molecular complexity index is 562. The average molecular weight is 320 g/mol. The summed E-state index contributed by atoms with van der Waals surface area (Å²) in [6.07, 6.45) is 2.46. The van der Waals surface area contributed by atoms with Crippen LogP contribution < -0.4 is 10.6 Å². The number of nitrogens with zero attached hydrogens (tertiary/aromatic N) is 2. The van der Waals surface area contributed by atoms with Crippen LogP contribution >= 0.6 is 11.3 Å². The number of rotatable bonds is 4. The van der Waals surface area contributed by atoms with E-state index in [0.717, 1.165) is 18.0 Å². The third kappa shape index (κ3) is 3.58. The monoisotopic (exact) mass is 320 g/mol. The number of carbonyl (C=O) groups is 1. The summed E-state index contributed by atoms with van der Waals surface area (Å²) in [6, 6.07) is 5.91. The van der Waals surface area contributed by atoms with E-state index < -0.39 is 0 Å². The van der Waals surface area contributed by atoms with Crippen LogP contribution in [0.5, 0.6) is 0 Å². The van der Waals surface area contributed by atoms with Crippen molar-refractivity contribution in [2.45, 2.75) is 31.5 Å². The molecule has 0 bridgehead atoms. The topological polar surface area (TPSA) is 77.4 Å². The Morgan fingerprint density at radius 2 is 2.23 bits per heavy atom. The highest BCUT2D eigenvalue weighted by Gasteiger charge is 2.35. The number of ether oxygens (including phenoxy) is 1. The summed E-state index contributed by atoms with van der Waals surface area (Å²) >= 11 is 1.40. The lowest BCUT2D eigenvalue weighted by molar-refractivity contribution is 0.159. The van der Waals surface area contributed by atoms with Gasteiger partial charge in [-0.05, 0) is 38.1 Å². The van der Waals surface area contributed by atoms with Crippen molar-refractivity contribution in [2.24, 2.45) is 0 Å².